The fraction of sp³-hybridized carbons (Fsp3) is 0.538. The number of hydrogen-bond acceptors (Lipinski definition) is 2. The Morgan fingerprint density at radius 2 is 1.94 bits per heavy atom. The maximum atomic E-state index is 13.3. The van der Waals surface area contributed by atoms with Gasteiger partial charge in [-0.3, -0.25) is 0 Å². The lowest BCUT2D eigenvalue weighted by molar-refractivity contribution is 0.198. The molecule has 0 aromatic heterocycles. The highest BCUT2D eigenvalue weighted by molar-refractivity contribution is 8.00. The Balaban J connectivity index is 2.53. The van der Waals surface area contributed by atoms with Crippen LogP contribution in [-0.4, -0.2) is 21.7 Å². The highest BCUT2D eigenvalue weighted by Crippen LogP contribution is 2.24. The maximum absolute atomic E-state index is 13.3. The minimum Gasteiger partial charge on any atom is -0.392 e. The normalized spacial score (nSPS) is 13.8. The lowest BCUT2D eigenvalue weighted by atomic mass is 10.1. The molecule has 1 N–H and O–H groups in total. The maximum Gasteiger partial charge on any atom is 0.129 e. The average Bonchev–Trinajstić information content (AvgIpc) is 2.18. The number of halogens is 2. The van der Waals surface area contributed by atoms with Crippen molar-refractivity contribution in [2.75, 3.05) is 5.75 Å². The van der Waals surface area contributed by atoms with E-state index in [-0.39, 0.29) is 11.2 Å². The van der Waals surface area contributed by atoms with Gasteiger partial charge in [0.1, 0.15) is 11.6 Å². The summed E-state index contributed by atoms with van der Waals surface area (Å²) in [7, 11) is 0. The summed E-state index contributed by atoms with van der Waals surface area (Å²) in [6, 6.07) is 3.44. The van der Waals surface area contributed by atoms with Gasteiger partial charge in [-0.2, -0.15) is 11.8 Å². The number of aliphatic hydroxyl groups is 1. The van der Waals surface area contributed by atoms with Crippen molar-refractivity contribution in [2.45, 2.75) is 38.0 Å². The third-order valence-corrected chi connectivity index (χ3v) is 3.60. The summed E-state index contributed by atoms with van der Waals surface area (Å²) in [5.41, 5.74) is 0.355. The third-order valence-electron chi connectivity index (χ3n) is 2.18. The van der Waals surface area contributed by atoms with Crippen molar-refractivity contribution in [1.29, 1.82) is 0 Å². The van der Waals surface area contributed by atoms with E-state index in [1.165, 1.54) is 12.1 Å². The number of thioether (sulfide) groups is 1. The van der Waals surface area contributed by atoms with Crippen LogP contribution in [0.2, 0.25) is 0 Å². The Labute approximate surface area is 105 Å². The fourth-order valence-electron chi connectivity index (χ4n) is 1.35. The molecule has 1 rings (SSSR count). The van der Waals surface area contributed by atoms with Gasteiger partial charge in [-0.05, 0) is 11.6 Å². The minimum absolute atomic E-state index is 0.0717. The van der Waals surface area contributed by atoms with Gasteiger partial charge in [0.15, 0.2) is 0 Å². The Bertz CT molecular complexity index is 374. The number of rotatable bonds is 4. The molecule has 0 fully saturated rings. The topological polar surface area (TPSA) is 20.2 Å². The molecule has 0 spiro atoms. The van der Waals surface area contributed by atoms with Crippen LogP contribution in [0.1, 0.15) is 26.3 Å². The van der Waals surface area contributed by atoms with Crippen LogP contribution in [0.15, 0.2) is 18.2 Å². The van der Waals surface area contributed by atoms with E-state index in [0.29, 0.717) is 11.3 Å². The molecule has 0 saturated heterocycles. The van der Waals surface area contributed by atoms with Gasteiger partial charge >= 0.3 is 0 Å². The van der Waals surface area contributed by atoms with Crippen molar-refractivity contribution in [3.63, 3.8) is 0 Å². The lowest BCUT2D eigenvalue weighted by Gasteiger charge is -2.20. The van der Waals surface area contributed by atoms with Crippen LogP contribution >= 0.6 is 11.8 Å². The predicted octanol–water partition coefficient (Wildman–Crippen LogP) is 3.40. The fourth-order valence-corrected chi connectivity index (χ4v) is 2.16. The largest absolute Gasteiger partial charge is 0.392 e. The van der Waals surface area contributed by atoms with Gasteiger partial charge in [0.2, 0.25) is 0 Å². The van der Waals surface area contributed by atoms with E-state index in [2.05, 4.69) is 20.8 Å². The molecular weight excluding hydrogens is 242 g/mol. The predicted molar refractivity (Wildman–Crippen MR) is 68.3 cm³/mol. The second kappa shape index (κ2) is 5.83. The van der Waals surface area contributed by atoms with Crippen molar-refractivity contribution >= 4 is 11.8 Å². The summed E-state index contributed by atoms with van der Waals surface area (Å²) in [5, 5.41) is 9.78. The third kappa shape index (κ3) is 5.50. The highest BCUT2D eigenvalue weighted by Gasteiger charge is 2.15. The van der Waals surface area contributed by atoms with E-state index in [9.17, 15) is 13.9 Å². The lowest BCUT2D eigenvalue weighted by Crippen LogP contribution is -2.19. The molecule has 0 aliphatic rings. The molecule has 96 valence electrons. The van der Waals surface area contributed by atoms with Gasteiger partial charge < -0.3 is 5.11 Å². The summed E-state index contributed by atoms with van der Waals surface area (Å²) >= 11 is 1.62. The van der Waals surface area contributed by atoms with E-state index in [0.717, 1.165) is 6.07 Å². The van der Waals surface area contributed by atoms with E-state index < -0.39 is 17.7 Å². The van der Waals surface area contributed by atoms with E-state index in [1.54, 1.807) is 11.8 Å². The molecule has 1 aromatic carbocycles. The molecule has 1 nitrogen and oxygen atoms in total. The molecule has 1 atom stereocenters. The van der Waals surface area contributed by atoms with Crippen LogP contribution in [0.4, 0.5) is 8.78 Å². The average molecular weight is 260 g/mol. The molecule has 1 unspecified atom stereocenters. The second-order valence-electron chi connectivity index (χ2n) is 5.02. The van der Waals surface area contributed by atoms with Crippen LogP contribution in [0.5, 0.6) is 0 Å². The summed E-state index contributed by atoms with van der Waals surface area (Å²) < 4.78 is 26.1. The zero-order valence-corrected chi connectivity index (χ0v) is 11.2. The molecule has 0 bridgehead atoms. The first-order chi connectivity index (χ1) is 7.78. The van der Waals surface area contributed by atoms with Gasteiger partial charge in [-0.1, -0.05) is 26.8 Å². The summed E-state index contributed by atoms with van der Waals surface area (Å²) in [5.74, 6) is -0.644. The molecule has 0 radical (unpaired) electrons. The standard InChI is InChI=1S/C13H18F2OS/c1-13(2,3)17-8-11(16)6-9-4-5-10(14)7-12(9)15/h4-5,7,11,16H,6,8H2,1-3H3. The van der Waals surface area contributed by atoms with E-state index in [1.807, 2.05) is 0 Å². The van der Waals surface area contributed by atoms with E-state index >= 15 is 0 Å². The highest BCUT2D eigenvalue weighted by atomic mass is 32.2. The van der Waals surface area contributed by atoms with Crippen LogP contribution in [-0.2, 0) is 6.42 Å². The van der Waals surface area contributed by atoms with Gasteiger partial charge in [-0.15, -0.1) is 0 Å². The first-order valence-corrected chi connectivity index (χ1v) is 6.52. The summed E-state index contributed by atoms with van der Waals surface area (Å²) in [6.07, 6.45) is -0.394. The first kappa shape index (κ1) is 14.5. The Morgan fingerprint density at radius 3 is 2.47 bits per heavy atom. The first-order valence-electron chi connectivity index (χ1n) is 5.54. The Morgan fingerprint density at radius 1 is 1.29 bits per heavy atom. The summed E-state index contributed by atoms with van der Waals surface area (Å²) in [4.78, 5) is 0. The van der Waals surface area contributed by atoms with Crippen molar-refractivity contribution in [2.24, 2.45) is 0 Å². The van der Waals surface area contributed by atoms with Crippen molar-refractivity contribution in [1.82, 2.24) is 0 Å². The van der Waals surface area contributed by atoms with Crippen molar-refractivity contribution in [3.05, 3.63) is 35.4 Å². The number of aliphatic hydroxyl groups excluding tert-OH is 1. The zero-order valence-electron chi connectivity index (χ0n) is 10.3. The molecule has 0 heterocycles. The minimum atomic E-state index is -0.612. The number of benzene rings is 1. The molecule has 0 amide bonds. The van der Waals surface area contributed by atoms with Gasteiger partial charge in [0, 0.05) is 23.0 Å². The van der Waals surface area contributed by atoms with Crippen LogP contribution in [0.3, 0.4) is 0 Å². The Kier molecular flexibility index (Phi) is 4.95. The molecule has 0 saturated carbocycles. The summed E-state index contributed by atoms with van der Waals surface area (Å²) in [6.45, 7) is 6.18. The SMILES string of the molecule is CC(C)(C)SCC(O)Cc1ccc(F)cc1F. The van der Waals surface area contributed by atoms with E-state index in [4.69, 9.17) is 0 Å². The van der Waals surface area contributed by atoms with Crippen molar-refractivity contribution in [3.8, 4) is 0 Å². The van der Waals surface area contributed by atoms with Crippen molar-refractivity contribution < 1.29 is 13.9 Å². The number of hydrogen-bond donors (Lipinski definition) is 1. The quantitative estimate of drug-likeness (QED) is 0.895. The second-order valence-corrected chi connectivity index (χ2v) is 6.86. The molecule has 0 aliphatic carbocycles. The van der Waals surface area contributed by atoms with Crippen LogP contribution in [0.25, 0.3) is 0 Å². The van der Waals surface area contributed by atoms with Gasteiger partial charge in [0.25, 0.3) is 0 Å². The molecule has 17 heavy (non-hydrogen) atoms. The zero-order chi connectivity index (χ0) is 13.1. The monoisotopic (exact) mass is 260 g/mol. The smallest absolute Gasteiger partial charge is 0.129 e. The van der Waals surface area contributed by atoms with Crippen LogP contribution < -0.4 is 0 Å². The molecule has 4 heteroatoms. The van der Waals surface area contributed by atoms with Crippen LogP contribution in [0, 0.1) is 11.6 Å². The molecule has 1 aromatic rings. The van der Waals surface area contributed by atoms with Gasteiger partial charge in [-0.25, -0.2) is 8.78 Å². The van der Waals surface area contributed by atoms with Gasteiger partial charge in [0.05, 0.1) is 6.10 Å². The Hall–Kier alpha value is -0.610. The molecular formula is C13H18F2OS. The molecule has 0 aliphatic heterocycles.